The molecule has 3 heterocycles. The van der Waals surface area contributed by atoms with Crippen LogP contribution in [0.2, 0.25) is 0 Å². The Hall–Kier alpha value is -2.01. The third-order valence-electron chi connectivity index (χ3n) is 4.19. The first-order chi connectivity index (χ1) is 10.8. The first kappa shape index (κ1) is 14.9. The van der Waals surface area contributed by atoms with E-state index in [9.17, 15) is 0 Å². The maximum absolute atomic E-state index is 4.80. The molecule has 22 heavy (non-hydrogen) atoms. The number of nitrogens with zero attached hydrogens (tertiary/aromatic N) is 3. The summed E-state index contributed by atoms with van der Waals surface area (Å²) in [5.41, 5.74) is 3.28. The van der Waals surface area contributed by atoms with E-state index in [1.807, 2.05) is 12.1 Å². The fourth-order valence-electron chi connectivity index (χ4n) is 2.93. The molecule has 3 rings (SSSR count). The summed E-state index contributed by atoms with van der Waals surface area (Å²) in [5, 5.41) is 7.04. The Bertz CT molecular complexity index is 620. The molecule has 1 aliphatic heterocycles. The SMILES string of the molecule is CCc1c(C)nc(-c2ccncc2)nc1NC1CCNCC1. The van der Waals surface area contributed by atoms with Gasteiger partial charge in [0.05, 0.1) is 0 Å². The second-order valence-electron chi connectivity index (χ2n) is 5.72. The van der Waals surface area contributed by atoms with Gasteiger partial charge in [-0.1, -0.05) is 6.92 Å². The predicted octanol–water partition coefficient (Wildman–Crippen LogP) is 2.57. The monoisotopic (exact) mass is 297 g/mol. The van der Waals surface area contributed by atoms with Crippen LogP contribution >= 0.6 is 0 Å². The highest BCUT2D eigenvalue weighted by molar-refractivity contribution is 5.59. The Labute approximate surface area is 131 Å². The van der Waals surface area contributed by atoms with E-state index in [1.54, 1.807) is 12.4 Å². The predicted molar refractivity (Wildman–Crippen MR) is 88.9 cm³/mol. The van der Waals surface area contributed by atoms with Crippen LogP contribution in [0.3, 0.4) is 0 Å². The Morgan fingerprint density at radius 3 is 2.59 bits per heavy atom. The molecule has 5 nitrogen and oxygen atoms in total. The lowest BCUT2D eigenvalue weighted by molar-refractivity contribution is 0.478. The summed E-state index contributed by atoms with van der Waals surface area (Å²) in [6, 6.07) is 4.40. The van der Waals surface area contributed by atoms with Crippen molar-refractivity contribution in [1.82, 2.24) is 20.3 Å². The summed E-state index contributed by atoms with van der Waals surface area (Å²) in [4.78, 5) is 13.5. The fourth-order valence-corrected chi connectivity index (χ4v) is 2.93. The molecule has 2 aromatic heterocycles. The maximum Gasteiger partial charge on any atom is 0.161 e. The number of pyridine rings is 1. The topological polar surface area (TPSA) is 62.7 Å². The standard InChI is InChI=1S/C17H23N5/c1-3-15-12(2)20-16(13-4-8-18-9-5-13)22-17(15)21-14-6-10-19-11-7-14/h4-5,8-9,14,19H,3,6-7,10-11H2,1-2H3,(H,20,21,22). The highest BCUT2D eigenvalue weighted by Crippen LogP contribution is 2.24. The Kier molecular flexibility index (Phi) is 4.63. The number of hydrogen-bond acceptors (Lipinski definition) is 5. The number of nitrogens with one attached hydrogen (secondary N) is 2. The van der Waals surface area contributed by atoms with E-state index in [1.165, 1.54) is 5.56 Å². The van der Waals surface area contributed by atoms with Gasteiger partial charge in [-0.15, -0.1) is 0 Å². The van der Waals surface area contributed by atoms with Gasteiger partial charge >= 0.3 is 0 Å². The number of aromatic nitrogens is 3. The molecule has 1 saturated heterocycles. The Morgan fingerprint density at radius 2 is 1.91 bits per heavy atom. The van der Waals surface area contributed by atoms with Crippen molar-refractivity contribution >= 4 is 5.82 Å². The minimum atomic E-state index is 0.492. The zero-order valence-electron chi connectivity index (χ0n) is 13.3. The van der Waals surface area contributed by atoms with Gasteiger partial charge in [-0.05, 0) is 51.4 Å². The lowest BCUT2D eigenvalue weighted by Gasteiger charge is -2.25. The molecule has 0 bridgehead atoms. The molecule has 0 atom stereocenters. The van der Waals surface area contributed by atoms with Gasteiger partial charge < -0.3 is 10.6 Å². The lowest BCUT2D eigenvalue weighted by Crippen LogP contribution is -2.35. The smallest absolute Gasteiger partial charge is 0.161 e. The first-order valence-electron chi connectivity index (χ1n) is 8.03. The largest absolute Gasteiger partial charge is 0.367 e. The van der Waals surface area contributed by atoms with Crippen LogP contribution in [0.4, 0.5) is 5.82 Å². The third-order valence-corrected chi connectivity index (χ3v) is 4.19. The summed E-state index contributed by atoms with van der Waals surface area (Å²) in [6.07, 6.45) is 6.77. The summed E-state index contributed by atoms with van der Waals surface area (Å²) in [6.45, 7) is 6.37. The zero-order chi connectivity index (χ0) is 15.4. The zero-order valence-corrected chi connectivity index (χ0v) is 13.3. The summed E-state index contributed by atoms with van der Waals surface area (Å²) < 4.78 is 0. The van der Waals surface area contributed by atoms with E-state index in [0.717, 1.165) is 55.3 Å². The van der Waals surface area contributed by atoms with E-state index in [0.29, 0.717) is 6.04 Å². The molecule has 0 aromatic carbocycles. The van der Waals surface area contributed by atoms with Crippen molar-refractivity contribution in [2.75, 3.05) is 18.4 Å². The van der Waals surface area contributed by atoms with Crippen molar-refractivity contribution in [2.45, 2.75) is 39.2 Å². The molecule has 2 N–H and O–H groups in total. The van der Waals surface area contributed by atoms with Crippen LogP contribution in [0.5, 0.6) is 0 Å². The molecular formula is C17H23N5. The van der Waals surface area contributed by atoms with Gasteiger partial charge in [0.2, 0.25) is 0 Å². The minimum absolute atomic E-state index is 0.492. The normalized spacial score (nSPS) is 15.7. The van der Waals surface area contributed by atoms with E-state index < -0.39 is 0 Å². The van der Waals surface area contributed by atoms with Crippen molar-refractivity contribution in [1.29, 1.82) is 0 Å². The average molecular weight is 297 g/mol. The van der Waals surface area contributed by atoms with Gasteiger partial charge in [-0.3, -0.25) is 4.98 Å². The third kappa shape index (κ3) is 3.25. The van der Waals surface area contributed by atoms with E-state index >= 15 is 0 Å². The molecule has 0 radical (unpaired) electrons. The maximum atomic E-state index is 4.80. The van der Waals surface area contributed by atoms with Crippen LogP contribution in [-0.4, -0.2) is 34.1 Å². The summed E-state index contributed by atoms with van der Waals surface area (Å²) >= 11 is 0. The van der Waals surface area contributed by atoms with E-state index in [-0.39, 0.29) is 0 Å². The first-order valence-corrected chi connectivity index (χ1v) is 8.03. The molecular weight excluding hydrogens is 274 g/mol. The molecule has 116 valence electrons. The summed E-state index contributed by atoms with van der Waals surface area (Å²) in [7, 11) is 0. The van der Waals surface area contributed by atoms with Crippen LogP contribution in [0.1, 0.15) is 31.0 Å². The van der Waals surface area contributed by atoms with Gasteiger partial charge in [0.15, 0.2) is 5.82 Å². The van der Waals surface area contributed by atoms with Crippen LogP contribution in [0.15, 0.2) is 24.5 Å². The Balaban J connectivity index is 1.94. The number of anilines is 1. The van der Waals surface area contributed by atoms with Gasteiger partial charge in [0.25, 0.3) is 0 Å². The van der Waals surface area contributed by atoms with Crippen LogP contribution in [-0.2, 0) is 6.42 Å². The van der Waals surface area contributed by atoms with E-state index in [2.05, 4.69) is 34.4 Å². The quantitative estimate of drug-likeness (QED) is 0.908. The van der Waals surface area contributed by atoms with Crippen LogP contribution in [0, 0.1) is 6.92 Å². The summed E-state index contributed by atoms with van der Waals surface area (Å²) in [5.74, 6) is 1.77. The number of rotatable bonds is 4. The van der Waals surface area contributed by atoms with E-state index in [4.69, 9.17) is 4.98 Å². The lowest BCUT2D eigenvalue weighted by atomic mass is 10.1. The molecule has 0 aliphatic carbocycles. The highest BCUT2D eigenvalue weighted by atomic mass is 15.1. The number of piperidine rings is 1. The average Bonchev–Trinajstić information content (AvgIpc) is 2.56. The van der Waals surface area contributed by atoms with Gasteiger partial charge in [0, 0.05) is 35.3 Å². The molecule has 0 spiro atoms. The van der Waals surface area contributed by atoms with Crippen LogP contribution < -0.4 is 10.6 Å². The molecule has 2 aromatic rings. The highest BCUT2D eigenvalue weighted by Gasteiger charge is 2.17. The van der Waals surface area contributed by atoms with Crippen molar-refractivity contribution in [2.24, 2.45) is 0 Å². The van der Waals surface area contributed by atoms with Crippen molar-refractivity contribution < 1.29 is 0 Å². The van der Waals surface area contributed by atoms with Crippen LogP contribution in [0.25, 0.3) is 11.4 Å². The molecule has 0 unspecified atom stereocenters. The molecule has 1 fully saturated rings. The second-order valence-corrected chi connectivity index (χ2v) is 5.72. The fraction of sp³-hybridized carbons (Fsp3) is 0.471. The van der Waals surface area contributed by atoms with Gasteiger partial charge in [-0.2, -0.15) is 0 Å². The second kappa shape index (κ2) is 6.83. The molecule has 0 saturated carbocycles. The van der Waals surface area contributed by atoms with Gasteiger partial charge in [-0.25, -0.2) is 9.97 Å². The Morgan fingerprint density at radius 1 is 1.18 bits per heavy atom. The van der Waals surface area contributed by atoms with Crippen molar-refractivity contribution in [3.05, 3.63) is 35.8 Å². The molecule has 5 heteroatoms. The number of aryl methyl sites for hydroxylation is 1. The van der Waals surface area contributed by atoms with Crippen molar-refractivity contribution in [3.63, 3.8) is 0 Å². The number of hydrogen-bond donors (Lipinski definition) is 2. The molecule has 1 aliphatic rings. The molecule has 0 amide bonds. The van der Waals surface area contributed by atoms with Gasteiger partial charge in [0.1, 0.15) is 5.82 Å². The minimum Gasteiger partial charge on any atom is -0.367 e. The van der Waals surface area contributed by atoms with Crippen molar-refractivity contribution in [3.8, 4) is 11.4 Å².